The average Bonchev–Trinajstić information content (AvgIpc) is 3.50. The van der Waals surface area contributed by atoms with Gasteiger partial charge in [0.2, 0.25) is 0 Å². The third kappa shape index (κ3) is 4.35. The molecule has 4 aromatic carbocycles. The van der Waals surface area contributed by atoms with Crippen molar-refractivity contribution in [1.29, 1.82) is 0 Å². The highest BCUT2D eigenvalue weighted by atomic mass is 16.5. The maximum Gasteiger partial charge on any atom is 0.338 e. The largest absolute Gasteiger partial charge is 0.465 e. The van der Waals surface area contributed by atoms with Gasteiger partial charge in [-0.2, -0.15) is 0 Å². The number of para-hydroxylation sites is 2. The van der Waals surface area contributed by atoms with E-state index in [4.69, 9.17) is 14.7 Å². The van der Waals surface area contributed by atoms with Gasteiger partial charge in [0.1, 0.15) is 11.6 Å². The number of carbonyl (C=O) groups excluding carboxylic acids is 1. The molecule has 0 unspecified atom stereocenters. The second kappa shape index (κ2) is 10.5. The highest BCUT2D eigenvalue weighted by molar-refractivity contribution is 5.99. The predicted molar refractivity (Wildman–Crippen MR) is 160 cm³/mol. The molecule has 0 bridgehead atoms. The van der Waals surface area contributed by atoms with Crippen LogP contribution in [0, 0.1) is 6.92 Å². The first kappa shape index (κ1) is 25.6. The van der Waals surface area contributed by atoms with Crippen LogP contribution >= 0.6 is 0 Å². The molecule has 0 saturated carbocycles. The Morgan fingerprint density at radius 3 is 2.40 bits per heavy atom. The molecule has 0 atom stereocenters. The number of rotatable bonds is 7. The van der Waals surface area contributed by atoms with E-state index in [1.807, 2.05) is 66.7 Å². The fraction of sp³-hybridized carbons (Fsp3) is 0.206. The van der Waals surface area contributed by atoms with Gasteiger partial charge in [0.15, 0.2) is 0 Å². The van der Waals surface area contributed by atoms with Gasteiger partial charge in [0, 0.05) is 19.0 Å². The first-order valence-electron chi connectivity index (χ1n) is 13.7. The molecule has 0 aliphatic carbocycles. The van der Waals surface area contributed by atoms with Crippen LogP contribution in [0.25, 0.3) is 44.6 Å². The van der Waals surface area contributed by atoms with Gasteiger partial charge in [-0.05, 0) is 59.9 Å². The molecule has 0 radical (unpaired) electrons. The lowest BCUT2D eigenvalue weighted by Crippen LogP contribution is -2.12. The van der Waals surface area contributed by atoms with Crippen LogP contribution in [0.5, 0.6) is 0 Å². The number of carbonyl (C=O) groups is 1. The molecule has 40 heavy (non-hydrogen) atoms. The second-order valence-electron chi connectivity index (χ2n) is 10.2. The molecular weight excluding hydrogens is 496 g/mol. The molecule has 2 aromatic heterocycles. The van der Waals surface area contributed by atoms with E-state index in [-0.39, 0.29) is 5.97 Å². The van der Waals surface area contributed by atoms with Crippen molar-refractivity contribution in [3.63, 3.8) is 0 Å². The molecule has 6 rings (SSSR count). The molecule has 0 aliphatic rings. The van der Waals surface area contributed by atoms with Crippen molar-refractivity contribution in [2.75, 3.05) is 7.11 Å². The van der Waals surface area contributed by atoms with Crippen molar-refractivity contribution in [2.24, 2.45) is 7.05 Å². The van der Waals surface area contributed by atoms with Crippen LogP contribution in [0.15, 0.2) is 84.9 Å². The number of hydrogen-bond acceptors (Lipinski definition) is 4. The summed E-state index contributed by atoms with van der Waals surface area (Å²) < 4.78 is 9.69. The Balaban J connectivity index is 1.54. The van der Waals surface area contributed by atoms with Gasteiger partial charge in [-0.15, -0.1) is 0 Å². The standard InChI is InChI=1S/C34H32N4O2/c1-5-12-30-36-32-22(2)19-25(33-35-27-17-9-10-18-28(27)37(33)3)20-29(32)38(30)21-24-15-11-16-26(31(24)34(39)40-4)23-13-7-6-8-14-23/h6-11,13-20H,5,12,21H2,1-4H3. The zero-order valence-electron chi connectivity index (χ0n) is 23.3. The Morgan fingerprint density at radius 1 is 0.875 bits per heavy atom. The van der Waals surface area contributed by atoms with E-state index in [9.17, 15) is 4.79 Å². The number of nitrogens with zero attached hydrogens (tertiary/aromatic N) is 4. The van der Waals surface area contributed by atoms with Crippen LogP contribution in [0.3, 0.4) is 0 Å². The zero-order chi connectivity index (χ0) is 27.8. The van der Waals surface area contributed by atoms with Gasteiger partial charge >= 0.3 is 5.97 Å². The summed E-state index contributed by atoms with van der Waals surface area (Å²) >= 11 is 0. The van der Waals surface area contributed by atoms with Crippen LogP contribution in [0.2, 0.25) is 0 Å². The Hall–Kier alpha value is -4.71. The smallest absolute Gasteiger partial charge is 0.338 e. The van der Waals surface area contributed by atoms with E-state index < -0.39 is 0 Å². The van der Waals surface area contributed by atoms with Crippen molar-refractivity contribution in [3.8, 4) is 22.5 Å². The summed E-state index contributed by atoms with van der Waals surface area (Å²) in [6, 6.07) is 28.6. The molecule has 200 valence electrons. The van der Waals surface area contributed by atoms with Gasteiger partial charge in [-0.3, -0.25) is 0 Å². The predicted octanol–water partition coefficient (Wildman–Crippen LogP) is 7.35. The first-order valence-corrected chi connectivity index (χ1v) is 13.7. The van der Waals surface area contributed by atoms with E-state index in [2.05, 4.69) is 48.2 Å². The number of aromatic nitrogens is 4. The normalized spacial score (nSPS) is 11.4. The van der Waals surface area contributed by atoms with E-state index >= 15 is 0 Å². The van der Waals surface area contributed by atoms with Crippen LogP contribution < -0.4 is 0 Å². The third-order valence-electron chi connectivity index (χ3n) is 7.60. The van der Waals surface area contributed by atoms with E-state index in [1.54, 1.807) is 0 Å². The minimum absolute atomic E-state index is 0.340. The van der Waals surface area contributed by atoms with Crippen molar-refractivity contribution >= 4 is 28.0 Å². The van der Waals surface area contributed by atoms with E-state index in [1.165, 1.54) is 7.11 Å². The fourth-order valence-electron chi connectivity index (χ4n) is 5.67. The van der Waals surface area contributed by atoms with Gasteiger partial charge in [-0.1, -0.05) is 67.6 Å². The lowest BCUT2D eigenvalue weighted by molar-refractivity contribution is 0.0600. The Morgan fingerprint density at radius 2 is 1.65 bits per heavy atom. The average molecular weight is 529 g/mol. The summed E-state index contributed by atoms with van der Waals surface area (Å²) in [4.78, 5) is 23.2. The fourth-order valence-corrected chi connectivity index (χ4v) is 5.67. The Labute approximate surface area is 233 Å². The molecule has 6 heteroatoms. The number of aryl methyl sites for hydroxylation is 3. The monoisotopic (exact) mass is 528 g/mol. The summed E-state index contributed by atoms with van der Waals surface area (Å²) in [6.07, 6.45) is 1.80. The summed E-state index contributed by atoms with van der Waals surface area (Å²) in [6.45, 7) is 4.77. The first-order chi connectivity index (χ1) is 19.5. The lowest BCUT2D eigenvalue weighted by atomic mass is 9.95. The number of ether oxygens (including phenoxy) is 1. The number of fused-ring (bicyclic) bond motifs is 2. The van der Waals surface area contributed by atoms with Gasteiger partial charge < -0.3 is 13.9 Å². The molecular formula is C34H32N4O2. The SMILES string of the molecule is CCCc1nc2c(C)cc(-c3nc4ccccc4n3C)cc2n1Cc1cccc(-c2ccccc2)c1C(=O)OC. The highest BCUT2D eigenvalue weighted by Crippen LogP contribution is 2.32. The molecule has 0 spiro atoms. The van der Waals surface area contributed by atoms with E-state index in [0.29, 0.717) is 12.1 Å². The number of methoxy groups -OCH3 is 1. The number of esters is 1. The molecule has 0 aliphatic heterocycles. The Kier molecular flexibility index (Phi) is 6.68. The second-order valence-corrected chi connectivity index (χ2v) is 10.2. The third-order valence-corrected chi connectivity index (χ3v) is 7.60. The number of imidazole rings is 2. The summed E-state index contributed by atoms with van der Waals surface area (Å²) in [5.74, 6) is 1.58. The zero-order valence-corrected chi connectivity index (χ0v) is 23.3. The van der Waals surface area contributed by atoms with Crippen LogP contribution in [0.1, 0.15) is 40.7 Å². The summed E-state index contributed by atoms with van der Waals surface area (Å²) in [5.41, 5.74) is 9.54. The van der Waals surface area contributed by atoms with Gasteiger partial charge in [0.05, 0.1) is 41.3 Å². The molecule has 2 heterocycles. The Bertz CT molecular complexity index is 1860. The van der Waals surface area contributed by atoms with Gasteiger partial charge in [0.25, 0.3) is 0 Å². The molecule has 0 N–H and O–H groups in total. The number of benzene rings is 4. The molecule has 0 amide bonds. The maximum atomic E-state index is 13.2. The van der Waals surface area contributed by atoms with Crippen molar-refractivity contribution in [1.82, 2.24) is 19.1 Å². The number of hydrogen-bond donors (Lipinski definition) is 0. The molecule has 0 saturated heterocycles. The van der Waals surface area contributed by atoms with Crippen LogP contribution in [0.4, 0.5) is 0 Å². The van der Waals surface area contributed by atoms with Crippen LogP contribution in [-0.4, -0.2) is 32.2 Å². The van der Waals surface area contributed by atoms with Crippen molar-refractivity contribution in [3.05, 3.63) is 107 Å². The highest BCUT2D eigenvalue weighted by Gasteiger charge is 2.22. The lowest BCUT2D eigenvalue weighted by Gasteiger charge is -2.16. The van der Waals surface area contributed by atoms with Crippen molar-refractivity contribution in [2.45, 2.75) is 33.2 Å². The molecule has 0 fully saturated rings. The molecule has 6 aromatic rings. The summed E-state index contributed by atoms with van der Waals surface area (Å²) in [5, 5.41) is 0. The molecule has 6 nitrogen and oxygen atoms in total. The quantitative estimate of drug-likeness (QED) is 0.203. The minimum Gasteiger partial charge on any atom is -0.465 e. The van der Waals surface area contributed by atoms with E-state index in [0.717, 1.165) is 74.4 Å². The van der Waals surface area contributed by atoms with Crippen molar-refractivity contribution < 1.29 is 9.53 Å². The van der Waals surface area contributed by atoms with Crippen LogP contribution in [-0.2, 0) is 24.8 Å². The maximum absolute atomic E-state index is 13.2. The summed E-state index contributed by atoms with van der Waals surface area (Å²) in [7, 11) is 3.50. The topological polar surface area (TPSA) is 61.9 Å². The minimum atomic E-state index is -0.340. The van der Waals surface area contributed by atoms with Gasteiger partial charge in [-0.25, -0.2) is 14.8 Å².